The summed E-state index contributed by atoms with van der Waals surface area (Å²) >= 11 is 6.05. The molecule has 0 spiro atoms. The number of hydrogen-bond donors (Lipinski definition) is 0. The van der Waals surface area contributed by atoms with Gasteiger partial charge in [-0.15, -0.1) is 0 Å². The van der Waals surface area contributed by atoms with E-state index in [-0.39, 0.29) is 23.6 Å². The van der Waals surface area contributed by atoms with Gasteiger partial charge in [0.15, 0.2) is 0 Å². The number of likely N-dealkylation sites (tertiary alicyclic amines) is 1. The molecular formula is C21H21ClN4O2. The van der Waals surface area contributed by atoms with Crippen molar-refractivity contribution in [2.75, 3.05) is 13.1 Å². The normalized spacial score (nSPS) is 20.7. The second-order valence-corrected chi connectivity index (χ2v) is 7.83. The highest BCUT2D eigenvalue weighted by Gasteiger charge is 2.46. The van der Waals surface area contributed by atoms with Crippen molar-refractivity contribution in [3.63, 3.8) is 0 Å². The second-order valence-electron chi connectivity index (χ2n) is 7.40. The van der Waals surface area contributed by atoms with Gasteiger partial charge in [-0.25, -0.2) is 9.97 Å². The molecule has 4 rings (SSSR count). The fourth-order valence-corrected chi connectivity index (χ4v) is 4.46. The molecule has 144 valence electrons. The molecule has 1 aromatic heterocycles. The van der Waals surface area contributed by atoms with Crippen LogP contribution in [0.25, 0.3) is 0 Å². The van der Waals surface area contributed by atoms with Crippen LogP contribution in [0.4, 0.5) is 0 Å². The first-order valence-electron chi connectivity index (χ1n) is 9.55. The molecule has 6 nitrogen and oxygen atoms in total. The SMILES string of the molecule is N#Cc1nccnc1OC1CCN(C(=O)C2(c3ccc(Cl)cc3)CCCC2)C1. The summed E-state index contributed by atoms with van der Waals surface area (Å²) in [5.41, 5.74) is 0.745. The van der Waals surface area contributed by atoms with Crippen LogP contribution in [0.1, 0.15) is 43.4 Å². The quantitative estimate of drug-likeness (QED) is 0.790. The summed E-state index contributed by atoms with van der Waals surface area (Å²) in [5.74, 6) is 0.399. The average Bonchev–Trinajstić information content (AvgIpc) is 3.39. The zero-order chi connectivity index (χ0) is 19.6. The van der Waals surface area contributed by atoms with Crippen LogP contribution < -0.4 is 4.74 Å². The highest BCUT2D eigenvalue weighted by molar-refractivity contribution is 6.30. The van der Waals surface area contributed by atoms with Crippen molar-refractivity contribution >= 4 is 17.5 Å². The van der Waals surface area contributed by atoms with Gasteiger partial charge in [0.05, 0.1) is 12.0 Å². The van der Waals surface area contributed by atoms with Gasteiger partial charge in [-0.05, 0) is 30.5 Å². The summed E-state index contributed by atoms with van der Waals surface area (Å²) in [7, 11) is 0. The molecule has 0 radical (unpaired) electrons. The fourth-order valence-electron chi connectivity index (χ4n) is 4.33. The van der Waals surface area contributed by atoms with Crippen LogP contribution in [-0.4, -0.2) is 40.0 Å². The third-order valence-corrected chi connectivity index (χ3v) is 6.00. The molecule has 0 bridgehead atoms. The number of benzene rings is 1. The van der Waals surface area contributed by atoms with Crippen molar-refractivity contribution < 1.29 is 9.53 Å². The molecule has 1 unspecified atom stereocenters. The Hall–Kier alpha value is -2.65. The Bertz CT molecular complexity index is 903. The van der Waals surface area contributed by atoms with Crippen molar-refractivity contribution in [2.24, 2.45) is 0 Å². The van der Waals surface area contributed by atoms with Crippen molar-refractivity contribution in [1.82, 2.24) is 14.9 Å². The van der Waals surface area contributed by atoms with E-state index < -0.39 is 5.41 Å². The highest BCUT2D eigenvalue weighted by Crippen LogP contribution is 2.43. The lowest BCUT2D eigenvalue weighted by Crippen LogP contribution is -2.45. The van der Waals surface area contributed by atoms with Crippen molar-refractivity contribution in [3.8, 4) is 11.9 Å². The van der Waals surface area contributed by atoms with E-state index in [1.165, 1.54) is 12.4 Å². The molecule has 28 heavy (non-hydrogen) atoms. The van der Waals surface area contributed by atoms with Crippen molar-refractivity contribution in [2.45, 2.75) is 43.6 Å². The lowest BCUT2D eigenvalue weighted by atomic mass is 9.77. The topological polar surface area (TPSA) is 79.1 Å². The van der Waals surface area contributed by atoms with Gasteiger partial charge in [0.25, 0.3) is 5.88 Å². The van der Waals surface area contributed by atoms with E-state index in [0.29, 0.717) is 24.5 Å². The number of amides is 1. The van der Waals surface area contributed by atoms with Gasteiger partial charge in [-0.1, -0.05) is 36.6 Å². The number of aromatic nitrogens is 2. The first-order valence-corrected chi connectivity index (χ1v) is 9.93. The van der Waals surface area contributed by atoms with Crippen molar-refractivity contribution in [3.05, 3.63) is 52.9 Å². The van der Waals surface area contributed by atoms with Crippen LogP contribution >= 0.6 is 11.6 Å². The van der Waals surface area contributed by atoms with Gasteiger partial charge >= 0.3 is 0 Å². The molecule has 2 fully saturated rings. The van der Waals surface area contributed by atoms with Crippen LogP contribution in [-0.2, 0) is 10.2 Å². The second kappa shape index (κ2) is 7.76. The minimum atomic E-state index is -0.468. The predicted molar refractivity (Wildman–Crippen MR) is 104 cm³/mol. The molecule has 0 N–H and O–H groups in total. The largest absolute Gasteiger partial charge is 0.470 e. The van der Waals surface area contributed by atoms with E-state index in [4.69, 9.17) is 21.6 Å². The molecule has 1 aliphatic heterocycles. The van der Waals surface area contributed by atoms with E-state index >= 15 is 0 Å². The van der Waals surface area contributed by atoms with E-state index in [1.807, 2.05) is 35.2 Å². The summed E-state index contributed by atoms with van der Waals surface area (Å²) in [6.07, 6.45) is 7.31. The van der Waals surface area contributed by atoms with E-state index in [9.17, 15) is 4.79 Å². The number of ether oxygens (including phenoxy) is 1. The average molecular weight is 397 g/mol. The van der Waals surface area contributed by atoms with Crippen molar-refractivity contribution in [1.29, 1.82) is 5.26 Å². The highest BCUT2D eigenvalue weighted by atomic mass is 35.5. The monoisotopic (exact) mass is 396 g/mol. The Morgan fingerprint density at radius 1 is 1.21 bits per heavy atom. The van der Waals surface area contributed by atoms with Crippen LogP contribution in [0.2, 0.25) is 5.02 Å². The van der Waals surface area contributed by atoms with Gasteiger partial charge < -0.3 is 9.64 Å². The lowest BCUT2D eigenvalue weighted by molar-refractivity contribution is -0.136. The Balaban J connectivity index is 1.50. The summed E-state index contributed by atoms with van der Waals surface area (Å²) in [6.45, 7) is 1.14. The Kier molecular flexibility index (Phi) is 5.19. The minimum Gasteiger partial charge on any atom is -0.470 e. The first kappa shape index (κ1) is 18.7. The Morgan fingerprint density at radius 3 is 2.64 bits per heavy atom. The van der Waals surface area contributed by atoms with Gasteiger partial charge in [-0.3, -0.25) is 4.79 Å². The van der Waals surface area contributed by atoms with Crippen LogP contribution in [0.15, 0.2) is 36.7 Å². The number of carbonyl (C=O) groups is 1. The molecule has 1 amide bonds. The van der Waals surface area contributed by atoms with E-state index in [1.54, 1.807) is 0 Å². The maximum atomic E-state index is 13.5. The van der Waals surface area contributed by atoms with Crippen LogP contribution in [0.5, 0.6) is 5.88 Å². The third kappa shape index (κ3) is 3.43. The van der Waals surface area contributed by atoms with Crippen LogP contribution in [0.3, 0.4) is 0 Å². The number of rotatable bonds is 4. The smallest absolute Gasteiger partial charge is 0.251 e. The van der Waals surface area contributed by atoms with E-state index in [2.05, 4.69) is 9.97 Å². The number of carbonyl (C=O) groups excluding carboxylic acids is 1. The number of hydrogen-bond acceptors (Lipinski definition) is 5. The maximum Gasteiger partial charge on any atom is 0.251 e. The Morgan fingerprint density at radius 2 is 1.93 bits per heavy atom. The van der Waals surface area contributed by atoms with E-state index in [0.717, 1.165) is 31.2 Å². The molecule has 7 heteroatoms. The lowest BCUT2D eigenvalue weighted by Gasteiger charge is -2.33. The summed E-state index contributed by atoms with van der Waals surface area (Å²) < 4.78 is 5.89. The molecule has 1 aliphatic carbocycles. The molecule has 2 aliphatic rings. The summed E-state index contributed by atoms with van der Waals surface area (Å²) in [4.78, 5) is 23.5. The first-order chi connectivity index (χ1) is 13.6. The molecule has 1 saturated carbocycles. The number of nitrogens with zero attached hydrogens (tertiary/aromatic N) is 4. The molecular weight excluding hydrogens is 376 g/mol. The number of halogens is 1. The Labute approximate surface area is 169 Å². The minimum absolute atomic E-state index is 0.165. The predicted octanol–water partition coefficient (Wildman–Crippen LogP) is 3.49. The standard InChI is InChI=1S/C21H21ClN4O2/c22-16-5-3-15(4-6-16)21(8-1-2-9-21)20(27)26-12-7-17(14-26)28-19-18(13-23)24-10-11-25-19/h3-6,10-11,17H,1-2,7-9,12,14H2. The maximum absolute atomic E-state index is 13.5. The van der Waals surface area contributed by atoms with Gasteiger partial charge in [0, 0.05) is 30.4 Å². The van der Waals surface area contributed by atoms with Gasteiger partial charge in [0.2, 0.25) is 11.6 Å². The fraction of sp³-hybridized carbons (Fsp3) is 0.429. The number of nitriles is 1. The van der Waals surface area contributed by atoms with Gasteiger partial charge in [0.1, 0.15) is 12.2 Å². The molecule has 2 heterocycles. The summed E-state index contributed by atoms with van der Waals surface area (Å²) in [6, 6.07) is 9.67. The zero-order valence-corrected chi connectivity index (χ0v) is 16.2. The zero-order valence-electron chi connectivity index (χ0n) is 15.5. The molecule has 1 saturated heterocycles. The van der Waals surface area contributed by atoms with Crippen LogP contribution in [0, 0.1) is 11.3 Å². The molecule has 1 atom stereocenters. The van der Waals surface area contributed by atoms with Gasteiger partial charge in [-0.2, -0.15) is 5.26 Å². The molecule has 1 aromatic carbocycles. The summed E-state index contributed by atoms with van der Waals surface area (Å²) in [5, 5.41) is 9.83. The third-order valence-electron chi connectivity index (χ3n) is 5.74. The molecule has 2 aromatic rings.